The van der Waals surface area contributed by atoms with Crippen LogP contribution < -0.4 is 0 Å². The maximum Gasteiger partial charge on any atom is 0.224 e. The van der Waals surface area contributed by atoms with Crippen LogP contribution in [0.3, 0.4) is 0 Å². The van der Waals surface area contributed by atoms with Crippen LogP contribution in [0.15, 0.2) is 48.8 Å². The topological polar surface area (TPSA) is 66.4 Å². The van der Waals surface area contributed by atoms with Crippen molar-refractivity contribution >= 4 is 11.8 Å². The Bertz CT molecular complexity index is 740. The Labute approximate surface area is 159 Å². The normalized spacial score (nSPS) is 18.7. The van der Waals surface area contributed by atoms with Crippen molar-refractivity contribution in [3.05, 3.63) is 60.2 Å². The van der Waals surface area contributed by atoms with Crippen LogP contribution >= 0.6 is 0 Å². The first-order valence-electron chi connectivity index (χ1n) is 9.60. The van der Waals surface area contributed by atoms with E-state index in [2.05, 4.69) is 9.97 Å². The standard InChI is InChI=1S/C21H24N4O2/c26-19-7-11-21(24(19)15-9-17-5-1-3-13-22-17)12-8-20(27)25(21)16-10-18-6-2-4-14-23-18/h1-6,13-14H,7-12,15-16H2. The van der Waals surface area contributed by atoms with Crippen molar-refractivity contribution in [3.8, 4) is 0 Å². The van der Waals surface area contributed by atoms with Crippen molar-refractivity contribution in [1.29, 1.82) is 0 Å². The molecule has 0 aromatic carbocycles. The van der Waals surface area contributed by atoms with Crippen LogP contribution in [0.2, 0.25) is 0 Å². The average molecular weight is 364 g/mol. The highest BCUT2D eigenvalue weighted by Crippen LogP contribution is 2.42. The molecule has 1 spiro atoms. The van der Waals surface area contributed by atoms with Crippen molar-refractivity contribution in [1.82, 2.24) is 19.8 Å². The zero-order chi connectivity index (χ0) is 18.7. The van der Waals surface area contributed by atoms with E-state index in [1.165, 1.54) is 0 Å². The van der Waals surface area contributed by atoms with E-state index < -0.39 is 5.66 Å². The van der Waals surface area contributed by atoms with Crippen molar-refractivity contribution in [2.24, 2.45) is 0 Å². The molecule has 0 saturated carbocycles. The summed E-state index contributed by atoms with van der Waals surface area (Å²) in [6, 6.07) is 11.7. The highest BCUT2D eigenvalue weighted by molar-refractivity contribution is 5.85. The first-order valence-corrected chi connectivity index (χ1v) is 9.60. The second-order valence-corrected chi connectivity index (χ2v) is 7.22. The Hall–Kier alpha value is -2.76. The number of nitrogens with zero attached hydrogens (tertiary/aromatic N) is 4. The number of hydrogen-bond acceptors (Lipinski definition) is 4. The van der Waals surface area contributed by atoms with Gasteiger partial charge < -0.3 is 9.80 Å². The lowest BCUT2D eigenvalue weighted by atomic mass is 10.0. The van der Waals surface area contributed by atoms with Crippen molar-refractivity contribution in [2.75, 3.05) is 13.1 Å². The molecule has 0 aliphatic carbocycles. The highest BCUT2D eigenvalue weighted by Gasteiger charge is 2.54. The van der Waals surface area contributed by atoms with E-state index in [0.717, 1.165) is 24.2 Å². The van der Waals surface area contributed by atoms with Crippen LogP contribution in [0.5, 0.6) is 0 Å². The van der Waals surface area contributed by atoms with Gasteiger partial charge in [-0.2, -0.15) is 0 Å². The summed E-state index contributed by atoms with van der Waals surface area (Å²) in [6.45, 7) is 1.20. The lowest BCUT2D eigenvalue weighted by molar-refractivity contribution is -0.143. The van der Waals surface area contributed by atoms with Crippen LogP contribution in [0, 0.1) is 0 Å². The fourth-order valence-electron chi connectivity index (χ4n) is 4.37. The zero-order valence-electron chi connectivity index (χ0n) is 15.4. The quantitative estimate of drug-likeness (QED) is 0.788. The highest BCUT2D eigenvalue weighted by atomic mass is 16.2. The molecule has 2 aliphatic rings. The van der Waals surface area contributed by atoms with Gasteiger partial charge in [0.2, 0.25) is 11.8 Å². The summed E-state index contributed by atoms with van der Waals surface area (Å²) < 4.78 is 0. The molecule has 0 unspecified atom stereocenters. The summed E-state index contributed by atoms with van der Waals surface area (Å²) in [5.74, 6) is 0.284. The minimum Gasteiger partial charge on any atom is -0.319 e. The first kappa shape index (κ1) is 17.6. The largest absolute Gasteiger partial charge is 0.319 e. The number of carbonyl (C=O) groups is 2. The predicted molar refractivity (Wildman–Crippen MR) is 101 cm³/mol. The molecule has 6 heteroatoms. The number of amides is 2. The fraction of sp³-hybridized carbons (Fsp3) is 0.429. The third kappa shape index (κ3) is 3.44. The molecule has 140 valence electrons. The third-order valence-corrected chi connectivity index (χ3v) is 5.72. The smallest absolute Gasteiger partial charge is 0.224 e. The SMILES string of the molecule is O=C1CCC2(CCC(=O)N2CCc2ccccn2)N1CCc1ccccn1. The number of rotatable bonds is 6. The molecule has 0 radical (unpaired) electrons. The molecule has 0 N–H and O–H groups in total. The van der Waals surface area contributed by atoms with Crippen LogP contribution in [-0.2, 0) is 22.4 Å². The summed E-state index contributed by atoms with van der Waals surface area (Å²) >= 11 is 0. The van der Waals surface area contributed by atoms with Gasteiger partial charge in [-0.15, -0.1) is 0 Å². The van der Waals surface area contributed by atoms with Crippen LogP contribution in [0.1, 0.15) is 37.1 Å². The van der Waals surface area contributed by atoms with Gasteiger partial charge in [0.15, 0.2) is 0 Å². The summed E-state index contributed by atoms with van der Waals surface area (Å²) in [5.41, 5.74) is 1.48. The van der Waals surface area contributed by atoms with Gasteiger partial charge in [0.1, 0.15) is 5.66 Å². The Morgan fingerprint density at radius 1 is 0.778 bits per heavy atom. The Morgan fingerprint density at radius 3 is 1.67 bits per heavy atom. The number of carbonyl (C=O) groups excluding carboxylic acids is 2. The minimum atomic E-state index is -0.461. The monoisotopic (exact) mass is 364 g/mol. The molecule has 0 atom stereocenters. The predicted octanol–water partition coefficient (Wildman–Crippen LogP) is 2.20. The van der Waals surface area contributed by atoms with Gasteiger partial charge >= 0.3 is 0 Å². The fourth-order valence-corrected chi connectivity index (χ4v) is 4.37. The summed E-state index contributed by atoms with van der Waals surface area (Å²) in [5, 5.41) is 0. The molecule has 0 bridgehead atoms. The van der Waals surface area contributed by atoms with Gasteiger partial charge in [0, 0.05) is 62.6 Å². The van der Waals surface area contributed by atoms with Crippen LogP contribution in [-0.4, -0.2) is 50.3 Å². The second kappa shape index (κ2) is 7.47. The molecule has 4 heterocycles. The van der Waals surface area contributed by atoms with E-state index in [-0.39, 0.29) is 11.8 Å². The molecule has 27 heavy (non-hydrogen) atoms. The minimum absolute atomic E-state index is 0.142. The Morgan fingerprint density at radius 2 is 1.26 bits per heavy atom. The maximum absolute atomic E-state index is 12.6. The van der Waals surface area contributed by atoms with E-state index in [4.69, 9.17) is 0 Å². The van der Waals surface area contributed by atoms with Gasteiger partial charge in [-0.3, -0.25) is 19.6 Å². The average Bonchev–Trinajstić information content (AvgIpc) is 3.20. The molecular formula is C21H24N4O2. The number of pyridine rings is 2. The van der Waals surface area contributed by atoms with Crippen molar-refractivity contribution in [2.45, 2.75) is 44.2 Å². The van der Waals surface area contributed by atoms with Gasteiger partial charge in [0.25, 0.3) is 0 Å². The zero-order valence-corrected chi connectivity index (χ0v) is 15.4. The van der Waals surface area contributed by atoms with E-state index in [1.807, 2.05) is 46.2 Å². The third-order valence-electron chi connectivity index (χ3n) is 5.72. The Balaban J connectivity index is 1.50. The van der Waals surface area contributed by atoms with E-state index in [1.54, 1.807) is 12.4 Å². The van der Waals surface area contributed by atoms with E-state index in [0.29, 0.717) is 38.8 Å². The molecule has 2 aliphatic heterocycles. The molecular weight excluding hydrogens is 340 g/mol. The van der Waals surface area contributed by atoms with Crippen LogP contribution in [0.25, 0.3) is 0 Å². The molecule has 2 fully saturated rings. The van der Waals surface area contributed by atoms with Gasteiger partial charge in [-0.25, -0.2) is 0 Å². The molecule has 2 amide bonds. The molecule has 2 aromatic rings. The van der Waals surface area contributed by atoms with Gasteiger partial charge in [-0.05, 0) is 37.1 Å². The lowest BCUT2D eigenvalue weighted by Crippen LogP contribution is -2.56. The van der Waals surface area contributed by atoms with Gasteiger partial charge in [-0.1, -0.05) is 12.1 Å². The second-order valence-electron chi connectivity index (χ2n) is 7.22. The summed E-state index contributed by atoms with van der Waals surface area (Å²) in [6.07, 6.45) is 7.42. The summed E-state index contributed by atoms with van der Waals surface area (Å²) in [4.78, 5) is 37.9. The van der Waals surface area contributed by atoms with E-state index in [9.17, 15) is 9.59 Å². The van der Waals surface area contributed by atoms with E-state index >= 15 is 0 Å². The first-order chi connectivity index (χ1) is 13.2. The van der Waals surface area contributed by atoms with Crippen molar-refractivity contribution < 1.29 is 9.59 Å². The van der Waals surface area contributed by atoms with Crippen molar-refractivity contribution in [3.63, 3.8) is 0 Å². The number of aromatic nitrogens is 2. The lowest BCUT2D eigenvalue weighted by Gasteiger charge is -2.42. The summed E-state index contributed by atoms with van der Waals surface area (Å²) in [7, 11) is 0. The number of hydrogen-bond donors (Lipinski definition) is 0. The molecule has 2 aromatic heterocycles. The number of likely N-dealkylation sites (tertiary alicyclic amines) is 2. The Kier molecular flexibility index (Phi) is 4.88. The molecule has 6 nitrogen and oxygen atoms in total. The molecule has 2 saturated heterocycles. The van der Waals surface area contributed by atoms with Crippen LogP contribution in [0.4, 0.5) is 0 Å². The van der Waals surface area contributed by atoms with Gasteiger partial charge in [0.05, 0.1) is 0 Å². The molecule has 4 rings (SSSR count). The maximum atomic E-state index is 12.6.